The molecule has 1 aliphatic carbocycles. The van der Waals surface area contributed by atoms with Crippen molar-refractivity contribution >= 4 is 162 Å². The lowest BCUT2D eigenvalue weighted by atomic mass is 9.78. The van der Waals surface area contributed by atoms with Crippen LogP contribution in [0.4, 0.5) is 0 Å². The van der Waals surface area contributed by atoms with Crippen LogP contribution in [0.25, 0.3) is 76.8 Å². The Morgan fingerprint density at radius 2 is 1.02 bits per heavy atom. The smallest absolute Gasteiger partial charge is 0.489 e. The van der Waals surface area contributed by atoms with Gasteiger partial charge in [-0.3, -0.25) is 43.0 Å². The second kappa shape index (κ2) is 40.9. The molecular weight excluding hydrogens is 1790 g/mol. The standard InChI is InChI=1S/C34H37ClN4O4.C18H16N2O3.C16H21BO5.2C10H11BrN2.C7H5BrN2/c1-21(2)39-30-13-9-24(17-26(30)19-36-39)22-5-7-23(8-6-22)33(41)34(42)37-29(20-38-15-3-4-16-38)32(40)25-10-14-31(28(35)18-25)43-27-11-12-27;1-11(2)20-16-8-7-14(9-15(16)10-19-20)12-3-5-13(6-4-12)17(21)18(22)23;1-6-20-14(19)13(18)11-7-9-12(10-8-11)17-21-15(2,3)16(4,5)22-17;1-7(2)13-6-8-5-9(11)3-4-10(8)12-13;1-7(2)13-10-4-3-9(11)5-8(10)6-12-13;8-6-1-2-7-5(3-6)4-9-10-7/h5-10,13-14,17-19,21,27,29,32,40H,3-4,11-12,15-16,20H2,1-2H3,(H,37,42);3-11H,1-2H3,(H,22,23);7-10H,6H2,1-5H3;2*3-7H,1-2H3;1-4H,(H,9,10)/t29-,32-;;;;;/m1...../s1. The first-order valence-electron chi connectivity index (χ1n) is 41.3. The number of aliphatic hydroxyl groups is 1. The number of benzene rings is 9. The fourth-order valence-electron chi connectivity index (χ4n) is 14.0. The van der Waals surface area contributed by atoms with Gasteiger partial charge >= 0.3 is 19.1 Å². The van der Waals surface area contributed by atoms with E-state index in [1.165, 1.54) is 28.4 Å². The SMILES string of the molecule is Brc1ccc2[nH]ncc2c1.CC(C)n1cc2cc(Br)ccc2n1.CC(C)n1ncc2cc(-c3ccc(C(=O)C(=O)N[C@H](CN4CCCC4)[C@H](O)c4ccc(OC5CC5)c(Cl)c4)cc3)ccc21.CC(C)n1ncc2cc(-c3ccc(C(=O)C(=O)O)cc3)ccc21.CC(C)n1ncc2cc(Br)ccc21.CCOC(=O)C(=O)c1ccc(B2OC(C)(C)C(C)(C)O2)cc1. The molecule has 5 aromatic heterocycles. The fraction of sp³-hybridized carbons (Fsp3) is 0.316. The molecule has 1 amide bonds. The van der Waals surface area contributed by atoms with Crippen molar-refractivity contribution < 1.29 is 57.8 Å². The van der Waals surface area contributed by atoms with Crippen molar-refractivity contribution in [1.82, 2.24) is 59.5 Å². The van der Waals surface area contributed by atoms with Crippen molar-refractivity contribution in [2.45, 2.75) is 169 Å². The van der Waals surface area contributed by atoms with Crippen molar-refractivity contribution in [2.75, 3.05) is 26.2 Å². The minimum atomic E-state index is -1.44. The molecule has 0 spiro atoms. The zero-order valence-electron chi connectivity index (χ0n) is 71.4. The fourth-order valence-corrected chi connectivity index (χ4v) is 15.4. The Hall–Kier alpha value is -10.8. The highest BCUT2D eigenvalue weighted by Gasteiger charge is 2.52. The molecule has 9 aromatic carbocycles. The molecule has 0 unspecified atom stereocenters. The maximum atomic E-state index is 13.2. The molecule has 0 bridgehead atoms. The monoisotopic (exact) mass is 1880 g/mol. The Bertz CT molecular complexity index is 6110. The molecule has 3 aliphatic rings. The summed E-state index contributed by atoms with van der Waals surface area (Å²) in [5, 5.41) is 53.4. The lowest BCUT2D eigenvalue weighted by Gasteiger charge is -2.32. The Morgan fingerprint density at radius 3 is 1.52 bits per heavy atom. The predicted octanol–water partition coefficient (Wildman–Crippen LogP) is 20.3. The van der Waals surface area contributed by atoms with Crippen LogP contribution in [0, 0.1) is 0 Å². The third-order valence-electron chi connectivity index (χ3n) is 21.6. The molecule has 2 atom stereocenters. The number of ketones is 3. The number of aromatic nitrogens is 10. The summed E-state index contributed by atoms with van der Waals surface area (Å²) >= 11 is 16.7. The number of carboxylic acids is 1. The first-order valence-corrected chi connectivity index (χ1v) is 44.1. The van der Waals surface area contributed by atoms with Gasteiger partial charge in [-0.2, -0.15) is 25.5 Å². The van der Waals surface area contributed by atoms with Crippen molar-refractivity contribution in [3.05, 3.63) is 254 Å². The van der Waals surface area contributed by atoms with E-state index in [9.17, 15) is 33.9 Å². The molecule has 17 rings (SSSR count). The van der Waals surface area contributed by atoms with Gasteiger partial charge in [-0.05, 0) is 253 Å². The van der Waals surface area contributed by atoms with Crippen LogP contribution in [0.3, 0.4) is 0 Å². The third-order valence-corrected chi connectivity index (χ3v) is 23.4. The van der Waals surface area contributed by atoms with E-state index in [-0.39, 0.29) is 29.9 Å². The average Bonchev–Trinajstić information content (AvgIpc) is 1.62. The molecule has 4 N–H and O–H groups in total. The average molecular weight is 1890 g/mol. The number of hydrogen-bond donors (Lipinski definition) is 4. The molecule has 7 heterocycles. The van der Waals surface area contributed by atoms with Gasteiger partial charge in [0.2, 0.25) is 5.78 Å². The number of esters is 1. The molecule has 3 fully saturated rings. The Morgan fingerprint density at radius 1 is 0.556 bits per heavy atom. The minimum Gasteiger partial charge on any atom is -0.489 e. The summed E-state index contributed by atoms with van der Waals surface area (Å²) in [6.07, 6.45) is 12.8. The number of rotatable bonds is 21. The van der Waals surface area contributed by atoms with Gasteiger partial charge < -0.3 is 39.2 Å². The van der Waals surface area contributed by atoms with Gasteiger partial charge in [-0.1, -0.05) is 150 Å². The number of amides is 1. The van der Waals surface area contributed by atoms with Crippen LogP contribution in [0.5, 0.6) is 5.75 Å². The maximum Gasteiger partial charge on any atom is 0.494 e. The quantitative estimate of drug-likeness (QED) is 0.0225. The van der Waals surface area contributed by atoms with Crippen molar-refractivity contribution in [2.24, 2.45) is 0 Å². The van der Waals surface area contributed by atoms with E-state index in [2.05, 4.69) is 181 Å². The largest absolute Gasteiger partial charge is 0.494 e. The maximum absolute atomic E-state index is 13.2. The zero-order valence-corrected chi connectivity index (χ0v) is 77.0. The van der Waals surface area contributed by atoms with Gasteiger partial charge in [0.1, 0.15) is 11.9 Å². The summed E-state index contributed by atoms with van der Waals surface area (Å²) in [4.78, 5) is 74.0. The van der Waals surface area contributed by atoms with E-state index in [4.69, 9.17) is 35.5 Å². The van der Waals surface area contributed by atoms with Crippen LogP contribution in [0.15, 0.2) is 226 Å². The molecular formula is C95H101BBr3ClN12O12. The number of aromatic amines is 1. The number of nitrogens with zero attached hydrogens (tertiary/aromatic N) is 10. The summed E-state index contributed by atoms with van der Waals surface area (Å²) < 4.78 is 33.7. The summed E-state index contributed by atoms with van der Waals surface area (Å²) in [5.74, 6) is -4.65. The number of H-pyrrole nitrogens is 1. The van der Waals surface area contributed by atoms with Gasteiger partial charge in [-0.15, -0.1) is 0 Å². The molecule has 2 saturated heterocycles. The van der Waals surface area contributed by atoms with Gasteiger partial charge in [0.15, 0.2) is 0 Å². The van der Waals surface area contributed by atoms with Gasteiger partial charge in [0, 0.05) is 93.9 Å². The molecule has 1 saturated carbocycles. The van der Waals surface area contributed by atoms with E-state index in [1.807, 2.05) is 138 Å². The number of carboxylic acid groups (broad SMARTS) is 1. The van der Waals surface area contributed by atoms with E-state index in [1.54, 1.807) is 79.9 Å². The van der Waals surface area contributed by atoms with Crippen LogP contribution in [-0.2, 0) is 28.4 Å². The summed E-state index contributed by atoms with van der Waals surface area (Å²) in [5.41, 5.74) is 10.6. The van der Waals surface area contributed by atoms with Crippen LogP contribution >= 0.6 is 59.4 Å². The third kappa shape index (κ3) is 23.0. The number of aliphatic carboxylic acids is 1. The number of hydrogen-bond acceptors (Lipinski definition) is 17. The lowest BCUT2D eigenvalue weighted by molar-refractivity contribution is -0.137. The second-order valence-corrected chi connectivity index (χ2v) is 35.9. The number of carbonyl (C=O) groups excluding carboxylic acids is 5. The molecule has 29 heteroatoms. The van der Waals surface area contributed by atoms with Gasteiger partial charge in [0.05, 0.1) is 87.3 Å². The summed E-state index contributed by atoms with van der Waals surface area (Å²) in [6.45, 7) is 28.8. The topological polar surface area (TPSA) is 295 Å². The Labute approximate surface area is 750 Å². The number of likely N-dealkylation sites (tertiary alicyclic amines) is 1. The highest BCUT2D eigenvalue weighted by molar-refractivity contribution is 9.11. The number of ether oxygens (including phenoxy) is 2. The van der Waals surface area contributed by atoms with Crippen molar-refractivity contribution in [3.8, 4) is 28.0 Å². The van der Waals surface area contributed by atoms with Crippen LogP contribution in [-0.4, -0.2) is 156 Å². The molecule has 14 aromatic rings. The summed E-state index contributed by atoms with van der Waals surface area (Å²) in [6, 6.07) is 56.7. The number of nitrogens with one attached hydrogen (secondary N) is 2. The molecule has 124 heavy (non-hydrogen) atoms. The molecule has 644 valence electrons. The van der Waals surface area contributed by atoms with E-state index in [0.717, 1.165) is 118 Å². The second-order valence-electron chi connectivity index (χ2n) is 32.7. The molecule has 2 aliphatic heterocycles. The highest BCUT2D eigenvalue weighted by atomic mass is 79.9. The number of carbonyl (C=O) groups is 6. The van der Waals surface area contributed by atoms with Gasteiger partial charge in [-0.25, -0.2) is 9.59 Å². The van der Waals surface area contributed by atoms with E-state index < -0.39 is 65.7 Å². The number of halogens is 4. The van der Waals surface area contributed by atoms with Crippen molar-refractivity contribution in [1.29, 1.82) is 0 Å². The minimum absolute atomic E-state index is 0.176. The number of aliphatic hydroxyl groups excluding tert-OH is 1. The molecule has 24 nitrogen and oxygen atoms in total. The predicted molar refractivity (Wildman–Crippen MR) is 498 cm³/mol. The first kappa shape index (κ1) is 92.4. The van der Waals surface area contributed by atoms with Crippen LogP contribution in [0.2, 0.25) is 5.02 Å². The van der Waals surface area contributed by atoms with Crippen LogP contribution < -0.4 is 15.5 Å². The van der Waals surface area contributed by atoms with E-state index >= 15 is 0 Å². The van der Waals surface area contributed by atoms with E-state index in [0.29, 0.717) is 46.6 Å². The normalized spacial score (nSPS) is 14.5. The van der Waals surface area contributed by atoms with Gasteiger partial charge in [0.25, 0.3) is 17.5 Å². The highest BCUT2D eigenvalue weighted by Crippen LogP contribution is 2.38. The Balaban J connectivity index is 0.000000147. The first-order chi connectivity index (χ1) is 59.1. The Kier molecular flexibility index (Phi) is 30.5. The lowest BCUT2D eigenvalue weighted by Crippen LogP contribution is -2.48. The van der Waals surface area contributed by atoms with Crippen molar-refractivity contribution in [3.63, 3.8) is 0 Å². The zero-order chi connectivity index (χ0) is 89.0. The number of Topliss-reactive ketones (excluding diaryl/α,β-unsaturated/α-hetero) is 3. The van der Waals surface area contributed by atoms with Crippen LogP contribution in [0.1, 0.15) is 183 Å². The molecule has 0 radical (unpaired) electrons. The summed E-state index contributed by atoms with van der Waals surface area (Å²) in [7, 11) is -0.489. The number of fused-ring (bicyclic) bond motifs is 5.